The maximum atomic E-state index is 10.1. The van der Waals surface area contributed by atoms with Crippen LogP contribution >= 0.6 is 0 Å². The van der Waals surface area contributed by atoms with Crippen molar-refractivity contribution in [1.82, 2.24) is 0 Å². The van der Waals surface area contributed by atoms with Gasteiger partial charge in [0.2, 0.25) is 0 Å². The minimum Gasteiger partial charge on any atom is -0.394 e. The van der Waals surface area contributed by atoms with Crippen LogP contribution < -0.4 is 5.73 Å². The summed E-state index contributed by atoms with van der Waals surface area (Å²) >= 11 is 0. The second kappa shape index (κ2) is 4.37. The summed E-state index contributed by atoms with van der Waals surface area (Å²) < 4.78 is 5.62. The predicted molar refractivity (Wildman–Crippen MR) is 58.3 cm³/mol. The van der Waals surface area contributed by atoms with Crippen LogP contribution in [-0.2, 0) is 4.74 Å². The molecule has 1 rings (SSSR count). The van der Waals surface area contributed by atoms with Crippen molar-refractivity contribution >= 4 is 0 Å². The first-order valence-electron chi connectivity index (χ1n) is 5.49. The highest BCUT2D eigenvalue weighted by Crippen LogP contribution is 2.37. The lowest BCUT2D eigenvalue weighted by Crippen LogP contribution is -2.61. The summed E-state index contributed by atoms with van der Waals surface area (Å²) in [5.41, 5.74) is 5.73. The molecule has 1 fully saturated rings. The maximum Gasteiger partial charge on any atom is 0.0868 e. The average molecular weight is 217 g/mol. The molecule has 5 atom stereocenters. The fourth-order valence-electron chi connectivity index (χ4n) is 2.41. The molecule has 1 aliphatic heterocycles. The molecule has 0 bridgehead atoms. The third-order valence-electron chi connectivity index (χ3n) is 3.27. The lowest BCUT2D eigenvalue weighted by Gasteiger charge is -2.47. The Balaban J connectivity index is 2.90. The van der Waals surface area contributed by atoms with E-state index in [1.54, 1.807) is 0 Å². The van der Waals surface area contributed by atoms with Crippen molar-refractivity contribution in [2.75, 3.05) is 6.61 Å². The molecular weight excluding hydrogens is 194 g/mol. The zero-order valence-corrected chi connectivity index (χ0v) is 9.97. The second-order valence-corrected chi connectivity index (χ2v) is 5.52. The molecular formula is C11H23NO3. The van der Waals surface area contributed by atoms with E-state index in [-0.39, 0.29) is 36.2 Å². The quantitative estimate of drug-likeness (QED) is 0.583. The number of aliphatic hydroxyl groups excluding tert-OH is 2. The molecule has 0 radical (unpaired) electrons. The van der Waals surface area contributed by atoms with Crippen molar-refractivity contribution in [3.63, 3.8) is 0 Å². The van der Waals surface area contributed by atoms with E-state index >= 15 is 0 Å². The Labute approximate surface area is 91.4 Å². The molecule has 4 heteroatoms. The van der Waals surface area contributed by atoms with Gasteiger partial charge in [0.15, 0.2) is 0 Å². The second-order valence-electron chi connectivity index (χ2n) is 5.52. The van der Waals surface area contributed by atoms with Crippen LogP contribution in [-0.4, -0.2) is 41.2 Å². The molecule has 3 unspecified atom stereocenters. The molecule has 4 nitrogen and oxygen atoms in total. The van der Waals surface area contributed by atoms with Gasteiger partial charge in [0.05, 0.1) is 31.0 Å². The van der Waals surface area contributed by atoms with Gasteiger partial charge in [-0.15, -0.1) is 0 Å². The number of hydrogen-bond donors (Lipinski definition) is 3. The Kier molecular flexibility index (Phi) is 3.76. The fraction of sp³-hybridized carbons (Fsp3) is 1.00. The highest BCUT2D eigenvalue weighted by atomic mass is 16.5. The van der Waals surface area contributed by atoms with E-state index in [1.807, 2.05) is 27.7 Å². The van der Waals surface area contributed by atoms with E-state index in [9.17, 15) is 10.2 Å². The number of aliphatic hydroxyl groups is 2. The van der Waals surface area contributed by atoms with Gasteiger partial charge in [-0.05, 0) is 12.3 Å². The van der Waals surface area contributed by atoms with Crippen LogP contribution in [0.3, 0.4) is 0 Å². The summed E-state index contributed by atoms with van der Waals surface area (Å²) in [7, 11) is 0. The summed E-state index contributed by atoms with van der Waals surface area (Å²) in [5.74, 6) is -0.131. The molecule has 4 N–H and O–H groups in total. The van der Waals surface area contributed by atoms with Crippen LogP contribution in [0.25, 0.3) is 0 Å². The molecule has 0 aromatic heterocycles. The van der Waals surface area contributed by atoms with E-state index in [0.29, 0.717) is 0 Å². The Morgan fingerprint density at radius 3 is 2.27 bits per heavy atom. The normalized spacial score (nSPS) is 43.0. The van der Waals surface area contributed by atoms with Crippen molar-refractivity contribution < 1.29 is 14.9 Å². The molecule has 90 valence electrons. The molecule has 0 spiro atoms. The van der Waals surface area contributed by atoms with Crippen molar-refractivity contribution in [2.24, 2.45) is 17.1 Å². The molecule has 15 heavy (non-hydrogen) atoms. The number of ether oxygens (including phenoxy) is 1. The van der Waals surface area contributed by atoms with E-state index < -0.39 is 6.10 Å². The summed E-state index contributed by atoms with van der Waals surface area (Å²) in [6, 6.07) is -0.378. The van der Waals surface area contributed by atoms with Crippen LogP contribution in [0.1, 0.15) is 27.7 Å². The summed E-state index contributed by atoms with van der Waals surface area (Å²) in [6.07, 6.45) is -1.16. The molecule has 1 heterocycles. The van der Waals surface area contributed by atoms with E-state index in [0.717, 1.165) is 0 Å². The van der Waals surface area contributed by atoms with E-state index in [2.05, 4.69) is 0 Å². The lowest BCUT2D eigenvalue weighted by atomic mass is 9.70. The smallest absolute Gasteiger partial charge is 0.0868 e. The first kappa shape index (κ1) is 12.9. The van der Waals surface area contributed by atoms with Crippen molar-refractivity contribution in [3.8, 4) is 0 Å². The van der Waals surface area contributed by atoms with Gasteiger partial charge in [-0.2, -0.15) is 0 Å². The first-order valence-corrected chi connectivity index (χ1v) is 5.49. The van der Waals surface area contributed by atoms with Gasteiger partial charge in [-0.3, -0.25) is 0 Å². The van der Waals surface area contributed by atoms with Gasteiger partial charge in [-0.25, -0.2) is 0 Å². The lowest BCUT2D eigenvalue weighted by molar-refractivity contribution is -0.180. The Morgan fingerprint density at radius 2 is 1.87 bits per heavy atom. The van der Waals surface area contributed by atoms with E-state index in [4.69, 9.17) is 10.5 Å². The van der Waals surface area contributed by atoms with Crippen molar-refractivity contribution in [3.05, 3.63) is 0 Å². The van der Waals surface area contributed by atoms with Gasteiger partial charge in [0.25, 0.3) is 0 Å². The SMILES string of the molecule is C[C@@H]1OC(CO)[C@@H](C(C)(C)C)C(O)C1N. The van der Waals surface area contributed by atoms with Gasteiger partial charge in [-0.1, -0.05) is 20.8 Å². The highest BCUT2D eigenvalue weighted by Gasteiger charge is 2.46. The van der Waals surface area contributed by atoms with E-state index in [1.165, 1.54) is 0 Å². The van der Waals surface area contributed by atoms with Crippen LogP contribution in [0.2, 0.25) is 0 Å². The number of rotatable bonds is 1. The fourth-order valence-corrected chi connectivity index (χ4v) is 2.41. The van der Waals surface area contributed by atoms with Crippen LogP contribution in [0.5, 0.6) is 0 Å². The first-order chi connectivity index (χ1) is 6.79. The summed E-state index contributed by atoms with van der Waals surface area (Å²) in [5, 5.41) is 19.4. The topological polar surface area (TPSA) is 75.7 Å². The molecule has 0 aromatic carbocycles. The third-order valence-corrected chi connectivity index (χ3v) is 3.27. The molecule has 0 amide bonds. The Hall–Kier alpha value is -0.160. The van der Waals surface area contributed by atoms with Gasteiger partial charge in [0.1, 0.15) is 0 Å². The largest absolute Gasteiger partial charge is 0.394 e. The summed E-state index contributed by atoms with van der Waals surface area (Å²) in [4.78, 5) is 0. The molecule has 0 saturated carbocycles. The van der Waals surface area contributed by atoms with Gasteiger partial charge in [0, 0.05) is 5.92 Å². The maximum absolute atomic E-state index is 10.1. The van der Waals surface area contributed by atoms with Crippen LogP contribution in [0.15, 0.2) is 0 Å². The third kappa shape index (κ3) is 2.50. The minimum absolute atomic E-state index is 0.0734. The monoisotopic (exact) mass is 217 g/mol. The Morgan fingerprint density at radius 1 is 1.33 bits per heavy atom. The van der Waals surface area contributed by atoms with Gasteiger partial charge >= 0.3 is 0 Å². The van der Waals surface area contributed by atoms with Gasteiger partial charge < -0.3 is 20.7 Å². The Bertz CT molecular complexity index is 212. The standard InChI is InChI=1S/C11H23NO3/c1-6-9(12)10(14)8(11(2,3)4)7(5-13)15-6/h6-10,13-14H,5,12H2,1-4H3/t6-,7?,8+,9?,10?/m0/s1. The zero-order valence-electron chi connectivity index (χ0n) is 9.97. The highest BCUT2D eigenvalue weighted by molar-refractivity contribution is 4.97. The van der Waals surface area contributed by atoms with Crippen LogP contribution in [0, 0.1) is 11.3 Å². The average Bonchev–Trinajstić information content (AvgIpc) is 2.11. The molecule has 1 aliphatic rings. The molecule has 0 aliphatic carbocycles. The minimum atomic E-state index is -0.620. The number of hydrogen-bond acceptors (Lipinski definition) is 4. The summed E-state index contributed by atoms with van der Waals surface area (Å²) in [6.45, 7) is 7.83. The molecule has 0 aromatic rings. The van der Waals surface area contributed by atoms with Crippen molar-refractivity contribution in [1.29, 1.82) is 0 Å². The van der Waals surface area contributed by atoms with Crippen LogP contribution in [0.4, 0.5) is 0 Å². The van der Waals surface area contributed by atoms with Crippen molar-refractivity contribution in [2.45, 2.75) is 52.0 Å². The zero-order chi connectivity index (χ0) is 11.8. The predicted octanol–water partition coefficient (Wildman–Crippen LogP) is 0.116. The molecule has 1 saturated heterocycles. The number of nitrogens with two attached hydrogens (primary N) is 1.